The Labute approximate surface area is 170 Å². The van der Waals surface area contributed by atoms with Crippen LogP contribution in [0.5, 0.6) is 0 Å². The van der Waals surface area contributed by atoms with E-state index >= 15 is 0 Å². The summed E-state index contributed by atoms with van der Waals surface area (Å²) in [6.07, 6.45) is 13.9. The molecule has 4 heteroatoms. The monoisotopic (exact) mass is 379 g/mol. The molecule has 3 rings (SSSR count). The van der Waals surface area contributed by atoms with Gasteiger partial charge in [-0.1, -0.05) is 36.9 Å². The second-order valence-electron chi connectivity index (χ2n) is 7.69. The molecule has 150 valence electrons. The number of likely N-dealkylation sites (tertiary alicyclic amines) is 1. The Hall–Kier alpha value is -2.46. The number of pyridine rings is 1. The molecule has 2 fully saturated rings. The number of hydrogen-bond donors (Lipinski definition) is 1. The molecule has 28 heavy (non-hydrogen) atoms. The molecule has 1 aliphatic carbocycles. The predicted molar refractivity (Wildman–Crippen MR) is 117 cm³/mol. The van der Waals surface area contributed by atoms with Crippen molar-refractivity contribution in [2.24, 2.45) is 17.8 Å². The highest BCUT2D eigenvalue weighted by atomic mass is 16.1. The minimum atomic E-state index is -0.0376. The van der Waals surface area contributed by atoms with Gasteiger partial charge in [-0.05, 0) is 61.8 Å². The summed E-state index contributed by atoms with van der Waals surface area (Å²) in [5.41, 5.74) is 2.08. The Morgan fingerprint density at radius 3 is 2.82 bits per heavy atom. The van der Waals surface area contributed by atoms with Crippen LogP contribution < -0.4 is 5.32 Å². The van der Waals surface area contributed by atoms with E-state index in [-0.39, 0.29) is 7.33 Å². The minimum absolute atomic E-state index is 0. The van der Waals surface area contributed by atoms with Crippen LogP contribution in [0.1, 0.15) is 33.4 Å². The van der Waals surface area contributed by atoms with Gasteiger partial charge in [-0.2, -0.15) is 0 Å². The van der Waals surface area contributed by atoms with Gasteiger partial charge in [0.05, 0.1) is 5.69 Å². The number of nitrogens with zero attached hydrogens (tertiary/aromatic N) is 2. The minimum Gasteiger partial charge on any atom is -0.353 e. The van der Waals surface area contributed by atoms with E-state index in [9.17, 15) is 4.79 Å². The molecule has 2 aliphatic rings. The molecule has 1 saturated carbocycles. The van der Waals surface area contributed by atoms with Crippen molar-refractivity contribution in [1.29, 1.82) is 0 Å². The van der Waals surface area contributed by atoms with Gasteiger partial charge >= 0.3 is 0 Å². The van der Waals surface area contributed by atoms with E-state index in [1.54, 1.807) is 18.2 Å². The lowest BCUT2D eigenvalue weighted by molar-refractivity contribution is -0.116. The normalized spacial score (nSPS) is 25.8. The zero-order chi connectivity index (χ0) is 19.9. The second-order valence-corrected chi connectivity index (χ2v) is 7.69. The maximum atomic E-state index is 12.0. The summed E-state index contributed by atoms with van der Waals surface area (Å²) >= 11 is 0. The number of allylic oxidation sites excluding steroid dienone is 6. The molecule has 1 aromatic heterocycles. The number of carbonyl (C=O) groups is 1. The van der Waals surface area contributed by atoms with E-state index in [2.05, 4.69) is 40.8 Å². The van der Waals surface area contributed by atoms with E-state index in [1.165, 1.54) is 0 Å². The molecule has 2 unspecified atom stereocenters. The van der Waals surface area contributed by atoms with Gasteiger partial charge in [0.1, 0.15) is 0 Å². The van der Waals surface area contributed by atoms with Crippen molar-refractivity contribution in [3.05, 3.63) is 78.7 Å². The Balaban J connectivity index is 0.00000300. The summed E-state index contributed by atoms with van der Waals surface area (Å²) < 4.78 is 0. The number of piperidine rings is 1. The van der Waals surface area contributed by atoms with Gasteiger partial charge in [0.2, 0.25) is 5.91 Å². The zero-order valence-electron chi connectivity index (χ0n) is 16.9. The molecule has 4 atom stereocenters. The maximum absolute atomic E-state index is 12.0. The van der Waals surface area contributed by atoms with Crippen LogP contribution in [0.25, 0.3) is 0 Å². The topological polar surface area (TPSA) is 45.2 Å². The first-order valence-electron chi connectivity index (χ1n) is 10.2. The first kappa shape index (κ1) is 20.3. The second kappa shape index (κ2) is 9.65. The average Bonchev–Trinajstić information content (AvgIpc) is 3.17. The fourth-order valence-corrected chi connectivity index (χ4v) is 4.23. The molecule has 0 spiro atoms. The van der Waals surface area contributed by atoms with Crippen LogP contribution in [0, 0.1) is 17.8 Å². The van der Waals surface area contributed by atoms with Crippen LogP contribution >= 0.6 is 0 Å². The van der Waals surface area contributed by atoms with E-state index in [0.717, 1.165) is 55.1 Å². The van der Waals surface area contributed by atoms with Gasteiger partial charge in [-0.3, -0.25) is 14.7 Å². The molecule has 1 N–H and O–H groups in total. The number of aromatic nitrogens is 1. The van der Waals surface area contributed by atoms with Crippen molar-refractivity contribution in [2.45, 2.75) is 26.3 Å². The van der Waals surface area contributed by atoms with Crippen molar-refractivity contribution < 1.29 is 6.22 Å². The first-order chi connectivity index (χ1) is 13.6. The molecular formula is C24H33N3O. The third-order valence-corrected chi connectivity index (χ3v) is 5.98. The molecule has 4 nitrogen and oxygen atoms in total. The van der Waals surface area contributed by atoms with Crippen LogP contribution in [0.2, 0.25) is 0 Å². The Morgan fingerprint density at radius 1 is 1.39 bits per heavy atom. The summed E-state index contributed by atoms with van der Waals surface area (Å²) in [7, 11) is 0. The van der Waals surface area contributed by atoms with E-state index in [1.807, 2.05) is 37.4 Å². The summed E-state index contributed by atoms with van der Waals surface area (Å²) in [6.45, 7) is 11.0. The van der Waals surface area contributed by atoms with Crippen LogP contribution in [0.4, 0.5) is 0 Å². The van der Waals surface area contributed by atoms with E-state index in [4.69, 9.17) is 0 Å². The van der Waals surface area contributed by atoms with Gasteiger partial charge < -0.3 is 5.32 Å². The third-order valence-electron chi connectivity index (χ3n) is 5.98. The van der Waals surface area contributed by atoms with Crippen LogP contribution in [0.3, 0.4) is 0 Å². The summed E-state index contributed by atoms with van der Waals surface area (Å²) in [6, 6.07) is 6.52. The Morgan fingerprint density at radius 2 is 2.18 bits per heavy atom. The van der Waals surface area contributed by atoms with Gasteiger partial charge in [-0.25, -0.2) is 0 Å². The first-order valence-corrected chi connectivity index (χ1v) is 10.2. The smallest absolute Gasteiger partial charge is 0.243 e. The quantitative estimate of drug-likeness (QED) is 0.513. The Bertz CT molecular complexity index is 760. The lowest BCUT2D eigenvalue weighted by Crippen LogP contribution is -2.29. The number of carbonyl (C=O) groups excluding carboxylic acids is 1. The van der Waals surface area contributed by atoms with Crippen molar-refractivity contribution in [3.63, 3.8) is 0 Å². The predicted octanol–water partition coefficient (Wildman–Crippen LogP) is 4.32. The fourth-order valence-electron chi connectivity index (χ4n) is 4.23. The largest absolute Gasteiger partial charge is 0.353 e. The highest BCUT2D eigenvalue weighted by Crippen LogP contribution is 2.54. The van der Waals surface area contributed by atoms with Crippen LogP contribution in [0.15, 0.2) is 73.0 Å². The molecule has 0 aromatic carbocycles. The number of rotatable bonds is 9. The molecule has 0 bridgehead atoms. The summed E-state index contributed by atoms with van der Waals surface area (Å²) in [5, 5.41) is 3.01. The number of amides is 1. The standard InChI is InChI=1S/C24H31N3O.H2/c1-4-6-9-19(5-2)11-12-24(28)26-15-13-20-21-16-27(17-22(20)21)18(3)23-10-7-8-14-25-23;/h4-12,14,18,20-22H,2,13,15-17H2,1,3H3,(H,26,28);1H/b6-4-,12-11+,19-9+;/t18?,20?,21-,22+;. The van der Waals surface area contributed by atoms with Crippen LogP contribution in [-0.4, -0.2) is 35.4 Å². The summed E-state index contributed by atoms with van der Waals surface area (Å²) in [4.78, 5) is 19.0. The third kappa shape index (κ3) is 5.08. The SMILES string of the molecule is C=CC(/C=C/C(=O)NCCC1[C@H]2CN(C(C)c3ccccn3)C[C@@H]12)=C\C=C/C.[HH]. The molecule has 1 amide bonds. The fraction of sp³-hybridized carbons (Fsp3) is 0.417. The van der Waals surface area contributed by atoms with Crippen molar-refractivity contribution in [2.75, 3.05) is 19.6 Å². The molecule has 1 aromatic rings. The lowest BCUT2D eigenvalue weighted by atomic mass is 10.1. The highest BCUT2D eigenvalue weighted by Gasteiger charge is 2.55. The van der Waals surface area contributed by atoms with E-state index < -0.39 is 0 Å². The summed E-state index contributed by atoms with van der Waals surface area (Å²) in [5.74, 6) is 2.30. The number of hydrogen-bond acceptors (Lipinski definition) is 3. The van der Waals surface area contributed by atoms with E-state index in [0.29, 0.717) is 6.04 Å². The lowest BCUT2D eigenvalue weighted by Gasteiger charge is -2.26. The highest BCUT2D eigenvalue weighted by molar-refractivity contribution is 5.88. The molecule has 1 saturated heterocycles. The van der Waals surface area contributed by atoms with Gasteiger partial charge in [0, 0.05) is 39.4 Å². The van der Waals surface area contributed by atoms with Crippen molar-refractivity contribution in [1.82, 2.24) is 15.2 Å². The zero-order valence-corrected chi connectivity index (χ0v) is 16.9. The number of fused-ring (bicyclic) bond motifs is 1. The molecule has 2 heterocycles. The van der Waals surface area contributed by atoms with Crippen molar-refractivity contribution >= 4 is 5.91 Å². The number of nitrogens with one attached hydrogen (secondary N) is 1. The van der Waals surface area contributed by atoms with Crippen molar-refractivity contribution in [3.8, 4) is 0 Å². The van der Waals surface area contributed by atoms with Gasteiger partial charge in [0.25, 0.3) is 0 Å². The van der Waals surface area contributed by atoms with Crippen LogP contribution in [-0.2, 0) is 4.79 Å². The molecule has 0 radical (unpaired) electrons. The van der Waals surface area contributed by atoms with Gasteiger partial charge in [-0.15, -0.1) is 0 Å². The molecule has 1 aliphatic heterocycles. The molecular weight excluding hydrogens is 346 g/mol. The van der Waals surface area contributed by atoms with Gasteiger partial charge in [0.15, 0.2) is 0 Å². The maximum Gasteiger partial charge on any atom is 0.243 e. The average molecular weight is 380 g/mol. The Kier molecular flexibility index (Phi) is 6.99.